The number of thiophene rings is 1. The highest BCUT2D eigenvalue weighted by Gasteiger charge is 2.39. The molecule has 3 nitrogen and oxygen atoms in total. The standard InChI is InChI=1S/C16H26N2OS/c1-12(2)14(13-7-6-10-20-13)18-15(19)16(11-17)8-4-3-5-9-16/h6-7,10,12,14H,3-5,8-9,11,17H2,1-2H3,(H,18,19). The molecule has 0 bridgehead atoms. The largest absolute Gasteiger partial charge is 0.348 e. The van der Waals surface area contributed by atoms with Gasteiger partial charge in [0.05, 0.1) is 11.5 Å². The van der Waals surface area contributed by atoms with Crippen LogP contribution in [-0.4, -0.2) is 12.5 Å². The van der Waals surface area contributed by atoms with Gasteiger partial charge in [0.1, 0.15) is 0 Å². The van der Waals surface area contributed by atoms with E-state index in [-0.39, 0.29) is 17.4 Å². The van der Waals surface area contributed by atoms with Crippen molar-refractivity contribution in [3.05, 3.63) is 22.4 Å². The summed E-state index contributed by atoms with van der Waals surface area (Å²) in [4.78, 5) is 14.0. The van der Waals surface area contributed by atoms with Gasteiger partial charge >= 0.3 is 0 Å². The molecule has 4 heteroatoms. The third-order valence-corrected chi connectivity index (χ3v) is 5.44. The molecule has 0 aromatic carbocycles. The lowest BCUT2D eigenvalue weighted by Crippen LogP contribution is -2.48. The van der Waals surface area contributed by atoms with Gasteiger partial charge < -0.3 is 11.1 Å². The van der Waals surface area contributed by atoms with E-state index >= 15 is 0 Å². The first-order chi connectivity index (χ1) is 9.59. The predicted octanol–water partition coefficient (Wildman–Crippen LogP) is 3.47. The molecule has 1 atom stereocenters. The van der Waals surface area contributed by atoms with Crippen LogP contribution in [-0.2, 0) is 4.79 Å². The monoisotopic (exact) mass is 294 g/mol. The Morgan fingerprint density at radius 1 is 1.40 bits per heavy atom. The van der Waals surface area contributed by atoms with Gasteiger partial charge in [-0.3, -0.25) is 4.79 Å². The molecule has 1 heterocycles. The van der Waals surface area contributed by atoms with Crippen LogP contribution in [0.15, 0.2) is 17.5 Å². The Hall–Kier alpha value is -0.870. The fourth-order valence-corrected chi connectivity index (χ4v) is 4.03. The number of carbonyl (C=O) groups is 1. The molecule has 112 valence electrons. The van der Waals surface area contributed by atoms with Crippen LogP contribution >= 0.6 is 11.3 Å². The lowest BCUT2D eigenvalue weighted by atomic mass is 9.73. The van der Waals surface area contributed by atoms with Crippen LogP contribution in [0.5, 0.6) is 0 Å². The summed E-state index contributed by atoms with van der Waals surface area (Å²) in [6, 6.07) is 4.25. The van der Waals surface area contributed by atoms with Crippen molar-refractivity contribution in [1.82, 2.24) is 5.32 Å². The van der Waals surface area contributed by atoms with Crippen LogP contribution in [0.2, 0.25) is 0 Å². The van der Waals surface area contributed by atoms with Crippen molar-refractivity contribution in [3.8, 4) is 0 Å². The molecule has 1 aromatic heterocycles. The Labute approximate surface area is 125 Å². The summed E-state index contributed by atoms with van der Waals surface area (Å²) in [5, 5.41) is 5.34. The summed E-state index contributed by atoms with van der Waals surface area (Å²) >= 11 is 1.71. The van der Waals surface area contributed by atoms with Crippen molar-refractivity contribution in [1.29, 1.82) is 0 Å². The number of rotatable bonds is 5. The van der Waals surface area contributed by atoms with Gasteiger partial charge in [-0.1, -0.05) is 39.2 Å². The van der Waals surface area contributed by atoms with E-state index in [1.807, 2.05) is 6.07 Å². The number of hydrogen-bond acceptors (Lipinski definition) is 3. The topological polar surface area (TPSA) is 55.1 Å². The second kappa shape index (κ2) is 6.72. The van der Waals surface area contributed by atoms with Gasteiger partial charge in [0, 0.05) is 11.4 Å². The van der Waals surface area contributed by atoms with Crippen molar-refractivity contribution < 1.29 is 4.79 Å². The minimum atomic E-state index is -0.331. The number of hydrogen-bond donors (Lipinski definition) is 2. The molecule has 1 aromatic rings. The molecule has 0 radical (unpaired) electrons. The third-order valence-electron chi connectivity index (χ3n) is 4.49. The van der Waals surface area contributed by atoms with Crippen LogP contribution in [0.3, 0.4) is 0 Å². The van der Waals surface area contributed by atoms with E-state index in [2.05, 4.69) is 30.6 Å². The first kappa shape index (κ1) is 15.5. The van der Waals surface area contributed by atoms with E-state index in [0.29, 0.717) is 12.5 Å². The second-order valence-electron chi connectivity index (χ2n) is 6.26. The maximum Gasteiger partial charge on any atom is 0.228 e. The molecule has 1 fully saturated rings. The molecule has 1 saturated carbocycles. The highest BCUT2D eigenvalue weighted by atomic mass is 32.1. The van der Waals surface area contributed by atoms with E-state index in [1.165, 1.54) is 11.3 Å². The van der Waals surface area contributed by atoms with Gasteiger partial charge in [0.25, 0.3) is 0 Å². The average molecular weight is 294 g/mol. The summed E-state index contributed by atoms with van der Waals surface area (Å²) in [6.07, 6.45) is 5.34. The van der Waals surface area contributed by atoms with Crippen molar-refractivity contribution in [2.75, 3.05) is 6.54 Å². The van der Waals surface area contributed by atoms with Crippen LogP contribution in [0.4, 0.5) is 0 Å². The van der Waals surface area contributed by atoms with Gasteiger partial charge in [0.15, 0.2) is 0 Å². The zero-order chi connectivity index (χ0) is 14.6. The normalized spacial score (nSPS) is 19.8. The lowest BCUT2D eigenvalue weighted by molar-refractivity contribution is -0.133. The predicted molar refractivity (Wildman–Crippen MR) is 84.6 cm³/mol. The van der Waals surface area contributed by atoms with Gasteiger partial charge in [-0.15, -0.1) is 11.3 Å². The van der Waals surface area contributed by atoms with Crippen LogP contribution in [0.25, 0.3) is 0 Å². The summed E-state index contributed by atoms with van der Waals surface area (Å²) < 4.78 is 0. The van der Waals surface area contributed by atoms with Gasteiger partial charge in [0.2, 0.25) is 5.91 Å². The van der Waals surface area contributed by atoms with E-state index in [4.69, 9.17) is 5.73 Å². The van der Waals surface area contributed by atoms with Crippen LogP contribution in [0.1, 0.15) is 56.9 Å². The zero-order valence-electron chi connectivity index (χ0n) is 12.5. The first-order valence-corrected chi connectivity index (χ1v) is 8.51. The molecule has 3 N–H and O–H groups in total. The van der Waals surface area contributed by atoms with E-state index in [0.717, 1.165) is 25.7 Å². The number of carbonyl (C=O) groups excluding carboxylic acids is 1. The quantitative estimate of drug-likeness (QED) is 0.873. The maximum atomic E-state index is 12.8. The molecule has 0 aliphatic heterocycles. The Balaban J connectivity index is 2.11. The van der Waals surface area contributed by atoms with Crippen molar-refractivity contribution in [3.63, 3.8) is 0 Å². The second-order valence-corrected chi connectivity index (χ2v) is 7.23. The summed E-state index contributed by atoms with van der Waals surface area (Å²) in [6.45, 7) is 4.77. The Bertz CT molecular complexity index is 422. The molecule has 2 rings (SSSR count). The summed E-state index contributed by atoms with van der Waals surface area (Å²) in [5.74, 6) is 0.544. The smallest absolute Gasteiger partial charge is 0.228 e. The van der Waals surface area contributed by atoms with E-state index in [1.54, 1.807) is 11.3 Å². The highest BCUT2D eigenvalue weighted by Crippen LogP contribution is 2.37. The zero-order valence-corrected chi connectivity index (χ0v) is 13.3. The number of nitrogens with two attached hydrogens (primary N) is 1. The highest BCUT2D eigenvalue weighted by molar-refractivity contribution is 7.10. The molecular formula is C16H26N2OS. The van der Waals surface area contributed by atoms with Crippen LogP contribution < -0.4 is 11.1 Å². The SMILES string of the molecule is CC(C)C(NC(=O)C1(CN)CCCCC1)c1cccs1. The number of nitrogens with one attached hydrogen (secondary N) is 1. The van der Waals surface area contributed by atoms with Crippen molar-refractivity contribution in [2.24, 2.45) is 17.1 Å². The average Bonchev–Trinajstić information content (AvgIpc) is 2.98. The molecule has 1 aliphatic carbocycles. The first-order valence-electron chi connectivity index (χ1n) is 7.63. The van der Waals surface area contributed by atoms with E-state index in [9.17, 15) is 4.79 Å². The molecule has 1 unspecified atom stereocenters. The maximum absolute atomic E-state index is 12.8. The summed E-state index contributed by atoms with van der Waals surface area (Å²) in [5.41, 5.74) is 5.62. The fraction of sp³-hybridized carbons (Fsp3) is 0.688. The Morgan fingerprint density at radius 3 is 2.60 bits per heavy atom. The number of amides is 1. The van der Waals surface area contributed by atoms with Crippen molar-refractivity contribution >= 4 is 17.2 Å². The third kappa shape index (κ3) is 3.23. The minimum Gasteiger partial charge on any atom is -0.348 e. The van der Waals surface area contributed by atoms with Crippen LogP contribution in [0, 0.1) is 11.3 Å². The molecule has 1 amide bonds. The molecule has 1 aliphatic rings. The molecule has 20 heavy (non-hydrogen) atoms. The van der Waals surface area contributed by atoms with E-state index < -0.39 is 0 Å². The van der Waals surface area contributed by atoms with Gasteiger partial charge in [-0.25, -0.2) is 0 Å². The lowest BCUT2D eigenvalue weighted by Gasteiger charge is -2.36. The summed E-state index contributed by atoms with van der Waals surface area (Å²) in [7, 11) is 0. The molecule has 0 spiro atoms. The minimum absolute atomic E-state index is 0.104. The molecule has 0 saturated heterocycles. The van der Waals surface area contributed by atoms with Gasteiger partial charge in [-0.05, 0) is 30.2 Å². The van der Waals surface area contributed by atoms with Crippen molar-refractivity contribution in [2.45, 2.75) is 52.0 Å². The molecular weight excluding hydrogens is 268 g/mol. The fourth-order valence-electron chi connectivity index (χ4n) is 3.08. The van der Waals surface area contributed by atoms with Gasteiger partial charge in [-0.2, -0.15) is 0 Å². The Kier molecular flexibility index (Phi) is 5.22. The Morgan fingerprint density at radius 2 is 2.10 bits per heavy atom.